The molecule has 1 heterocycles. The molecule has 1 aliphatic carbocycles. The zero-order valence-electron chi connectivity index (χ0n) is 17.5. The molecular weight excluding hydrogens is 360 g/mol. The molecule has 0 radical (unpaired) electrons. The van der Waals surface area contributed by atoms with E-state index >= 15 is 0 Å². The molecule has 3 aromatic rings. The molecule has 1 aliphatic rings. The van der Waals surface area contributed by atoms with E-state index in [0.29, 0.717) is 17.8 Å². The maximum Gasteiger partial charge on any atom is 0.326 e. The van der Waals surface area contributed by atoms with Crippen molar-refractivity contribution >= 4 is 17.0 Å². The number of fused-ring (bicyclic) bond motifs is 1. The van der Waals surface area contributed by atoms with Crippen molar-refractivity contribution in [2.45, 2.75) is 52.7 Å². The topological polar surface area (TPSA) is 44.1 Å². The number of para-hydroxylation sites is 2. The van der Waals surface area contributed by atoms with Crippen LogP contribution in [0.15, 0.2) is 54.6 Å². The number of nitrogens with zero attached hydrogens (tertiary/aromatic N) is 2. The predicted octanol–water partition coefficient (Wildman–Crippen LogP) is 5.71. The first-order chi connectivity index (χ1) is 14.0. The standard InChI is InChI=1S/C25H30N2O2/c1-17(2)20-14-13-18(3)15-23(20)29-24(28)16-27-22-12-8-7-11-21(22)26-25(27)19-9-5-4-6-10-19/h4-12,17-18,20,23H,13-16H2,1-3H3/t18-,20+,23-/m1/s1. The van der Waals surface area contributed by atoms with Crippen molar-refractivity contribution in [2.75, 3.05) is 0 Å². The number of hydrogen-bond acceptors (Lipinski definition) is 3. The Hall–Kier alpha value is -2.62. The summed E-state index contributed by atoms with van der Waals surface area (Å²) >= 11 is 0. The van der Waals surface area contributed by atoms with Crippen molar-refractivity contribution in [2.24, 2.45) is 17.8 Å². The van der Waals surface area contributed by atoms with Gasteiger partial charge in [-0.3, -0.25) is 4.79 Å². The van der Waals surface area contributed by atoms with Crippen molar-refractivity contribution in [1.82, 2.24) is 9.55 Å². The fraction of sp³-hybridized carbons (Fsp3) is 0.440. The zero-order chi connectivity index (χ0) is 20.4. The summed E-state index contributed by atoms with van der Waals surface area (Å²) < 4.78 is 8.05. The molecule has 1 saturated carbocycles. The normalized spacial score (nSPS) is 22.1. The first kappa shape index (κ1) is 19.7. The second kappa shape index (κ2) is 8.40. The van der Waals surface area contributed by atoms with Gasteiger partial charge in [-0.2, -0.15) is 0 Å². The highest BCUT2D eigenvalue weighted by molar-refractivity contribution is 5.83. The predicted molar refractivity (Wildman–Crippen MR) is 116 cm³/mol. The molecule has 0 unspecified atom stereocenters. The van der Waals surface area contributed by atoms with Gasteiger partial charge >= 0.3 is 5.97 Å². The van der Waals surface area contributed by atoms with E-state index in [4.69, 9.17) is 9.72 Å². The van der Waals surface area contributed by atoms with Gasteiger partial charge in [-0.05, 0) is 42.7 Å². The Labute approximate surface area is 172 Å². The lowest BCUT2D eigenvalue weighted by molar-refractivity contribution is -0.156. The van der Waals surface area contributed by atoms with E-state index in [1.54, 1.807) is 0 Å². The van der Waals surface area contributed by atoms with E-state index in [1.165, 1.54) is 6.42 Å². The number of rotatable bonds is 5. The highest BCUT2D eigenvalue weighted by atomic mass is 16.5. The number of esters is 1. The second-order valence-electron chi connectivity index (χ2n) is 8.73. The molecule has 1 fully saturated rings. The van der Waals surface area contributed by atoms with Crippen molar-refractivity contribution in [3.8, 4) is 11.4 Å². The van der Waals surface area contributed by atoms with Gasteiger partial charge in [0.1, 0.15) is 18.5 Å². The molecule has 4 nitrogen and oxygen atoms in total. The van der Waals surface area contributed by atoms with E-state index in [2.05, 4.69) is 20.8 Å². The molecule has 152 valence electrons. The average Bonchev–Trinajstić information content (AvgIpc) is 3.07. The number of carbonyl (C=O) groups excluding carboxylic acids is 1. The monoisotopic (exact) mass is 390 g/mol. The van der Waals surface area contributed by atoms with Gasteiger partial charge in [-0.25, -0.2) is 4.98 Å². The van der Waals surface area contributed by atoms with Gasteiger partial charge in [-0.1, -0.05) is 69.7 Å². The quantitative estimate of drug-likeness (QED) is 0.524. The van der Waals surface area contributed by atoms with Gasteiger partial charge in [-0.15, -0.1) is 0 Å². The SMILES string of the molecule is CC(C)[C@@H]1CC[C@@H](C)C[C@H]1OC(=O)Cn1c(-c2ccccc2)nc2ccccc21. The molecule has 4 heteroatoms. The third-order valence-corrected chi connectivity index (χ3v) is 6.22. The Balaban J connectivity index is 1.61. The van der Waals surface area contributed by atoms with Gasteiger partial charge in [0.15, 0.2) is 0 Å². The minimum atomic E-state index is -0.171. The Morgan fingerprint density at radius 1 is 1.10 bits per heavy atom. The van der Waals surface area contributed by atoms with Crippen LogP contribution in [0, 0.1) is 17.8 Å². The first-order valence-corrected chi connectivity index (χ1v) is 10.7. The van der Waals surface area contributed by atoms with Crippen LogP contribution < -0.4 is 0 Å². The molecule has 0 bridgehead atoms. The molecule has 0 aliphatic heterocycles. The Kier molecular flexibility index (Phi) is 5.70. The number of imidazole rings is 1. The van der Waals surface area contributed by atoms with Crippen LogP contribution in [-0.4, -0.2) is 21.6 Å². The summed E-state index contributed by atoms with van der Waals surface area (Å²) in [5.41, 5.74) is 2.86. The Morgan fingerprint density at radius 2 is 1.83 bits per heavy atom. The second-order valence-corrected chi connectivity index (χ2v) is 8.73. The molecule has 4 rings (SSSR count). The first-order valence-electron chi connectivity index (χ1n) is 10.7. The smallest absolute Gasteiger partial charge is 0.326 e. The lowest BCUT2D eigenvalue weighted by Crippen LogP contribution is -2.36. The van der Waals surface area contributed by atoms with E-state index in [9.17, 15) is 4.79 Å². The fourth-order valence-corrected chi connectivity index (χ4v) is 4.63. The van der Waals surface area contributed by atoms with Crippen LogP contribution in [0.4, 0.5) is 0 Å². The van der Waals surface area contributed by atoms with Crippen LogP contribution in [0.3, 0.4) is 0 Å². The molecule has 0 N–H and O–H groups in total. The Morgan fingerprint density at radius 3 is 2.59 bits per heavy atom. The molecule has 3 atom stereocenters. The van der Waals surface area contributed by atoms with Crippen molar-refractivity contribution in [3.63, 3.8) is 0 Å². The Bertz CT molecular complexity index is 977. The van der Waals surface area contributed by atoms with Crippen LogP contribution in [0.5, 0.6) is 0 Å². The zero-order valence-corrected chi connectivity index (χ0v) is 17.5. The highest BCUT2D eigenvalue weighted by Crippen LogP contribution is 2.35. The van der Waals surface area contributed by atoms with Gasteiger partial charge in [0.25, 0.3) is 0 Å². The lowest BCUT2D eigenvalue weighted by Gasteiger charge is -2.36. The van der Waals surface area contributed by atoms with Crippen LogP contribution in [-0.2, 0) is 16.1 Å². The van der Waals surface area contributed by atoms with Gasteiger partial charge < -0.3 is 9.30 Å². The van der Waals surface area contributed by atoms with E-state index in [1.807, 2.05) is 59.2 Å². The largest absolute Gasteiger partial charge is 0.461 e. The molecule has 1 aromatic heterocycles. The molecular formula is C25H30N2O2. The van der Waals surface area contributed by atoms with Crippen molar-refractivity contribution in [3.05, 3.63) is 54.6 Å². The number of hydrogen-bond donors (Lipinski definition) is 0. The van der Waals surface area contributed by atoms with E-state index in [0.717, 1.165) is 35.3 Å². The third-order valence-electron chi connectivity index (χ3n) is 6.22. The molecule has 29 heavy (non-hydrogen) atoms. The summed E-state index contributed by atoms with van der Waals surface area (Å²) in [4.78, 5) is 17.8. The van der Waals surface area contributed by atoms with Gasteiger partial charge in [0, 0.05) is 5.56 Å². The highest BCUT2D eigenvalue weighted by Gasteiger charge is 2.33. The third kappa shape index (κ3) is 4.21. The molecule has 0 saturated heterocycles. The van der Waals surface area contributed by atoms with Gasteiger partial charge in [0.05, 0.1) is 11.0 Å². The number of ether oxygens (including phenoxy) is 1. The van der Waals surface area contributed by atoms with Crippen LogP contribution in [0.2, 0.25) is 0 Å². The minimum Gasteiger partial charge on any atom is -0.461 e. The molecule has 0 amide bonds. The van der Waals surface area contributed by atoms with Crippen molar-refractivity contribution < 1.29 is 9.53 Å². The maximum absolute atomic E-state index is 13.0. The maximum atomic E-state index is 13.0. The fourth-order valence-electron chi connectivity index (χ4n) is 4.63. The lowest BCUT2D eigenvalue weighted by atomic mass is 9.75. The van der Waals surface area contributed by atoms with Crippen LogP contribution in [0.25, 0.3) is 22.4 Å². The van der Waals surface area contributed by atoms with E-state index < -0.39 is 0 Å². The molecule has 0 spiro atoms. The van der Waals surface area contributed by atoms with Gasteiger partial charge in [0.2, 0.25) is 0 Å². The summed E-state index contributed by atoms with van der Waals surface area (Å²) in [5.74, 6) is 2.21. The average molecular weight is 391 g/mol. The summed E-state index contributed by atoms with van der Waals surface area (Å²) in [7, 11) is 0. The van der Waals surface area contributed by atoms with E-state index in [-0.39, 0.29) is 18.6 Å². The molecule has 2 aromatic carbocycles. The summed E-state index contributed by atoms with van der Waals surface area (Å²) in [5, 5.41) is 0. The van der Waals surface area contributed by atoms with Crippen LogP contribution >= 0.6 is 0 Å². The van der Waals surface area contributed by atoms with Crippen LogP contribution in [0.1, 0.15) is 40.0 Å². The number of carbonyl (C=O) groups is 1. The minimum absolute atomic E-state index is 0.0150. The number of benzene rings is 2. The summed E-state index contributed by atoms with van der Waals surface area (Å²) in [6.07, 6.45) is 3.34. The van der Waals surface area contributed by atoms with Crippen molar-refractivity contribution in [1.29, 1.82) is 0 Å². The summed E-state index contributed by atoms with van der Waals surface area (Å²) in [6, 6.07) is 18.0. The number of aromatic nitrogens is 2. The summed E-state index contributed by atoms with van der Waals surface area (Å²) in [6.45, 7) is 6.91.